The van der Waals surface area contributed by atoms with Crippen LogP contribution in [-0.4, -0.2) is 34.8 Å². The fourth-order valence-corrected chi connectivity index (χ4v) is 5.11. The molecule has 0 spiro atoms. The predicted octanol–water partition coefficient (Wildman–Crippen LogP) is 3.19. The lowest BCUT2D eigenvalue weighted by Crippen LogP contribution is -2.35. The lowest BCUT2D eigenvalue weighted by molar-refractivity contribution is -0.125. The minimum absolute atomic E-state index is 0.0197. The van der Waals surface area contributed by atoms with Crippen LogP contribution in [0.5, 0.6) is 0 Å². The van der Waals surface area contributed by atoms with Gasteiger partial charge in [-0.3, -0.25) is 14.6 Å². The van der Waals surface area contributed by atoms with E-state index in [0.29, 0.717) is 6.54 Å². The van der Waals surface area contributed by atoms with Gasteiger partial charge < -0.3 is 10.2 Å². The molecule has 0 radical (unpaired) electrons. The van der Waals surface area contributed by atoms with Crippen LogP contribution in [0.2, 0.25) is 0 Å². The molecule has 0 unspecified atom stereocenters. The molecule has 1 N–H and O–H groups in total. The van der Waals surface area contributed by atoms with Crippen LogP contribution in [0, 0.1) is 5.92 Å². The van der Waals surface area contributed by atoms with E-state index in [1.807, 2.05) is 29.2 Å². The fraction of sp³-hybridized carbons (Fsp3) is 0.476. The zero-order chi connectivity index (χ0) is 18.6. The van der Waals surface area contributed by atoms with Crippen LogP contribution in [0.15, 0.2) is 30.5 Å². The number of nitrogens with zero attached hydrogens (tertiary/aromatic N) is 2. The summed E-state index contributed by atoms with van der Waals surface area (Å²) in [5.74, 6) is 0.236. The van der Waals surface area contributed by atoms with Gasteiger partial charge in [0.25, 0.3) is 5.91 Å². The molecule has 2 aromatic rings. The van der Waals surface area contributed by atoms with E-state index in [4.69, 9.17) is 0 Å². The van der Waals surface area contributed by atoms with Gasteiger partial charge in [-0.15, -0.1) is 11.3 Å². The number of hydrogen-bond acceptors (Lipinski definition) is 4. The van der Waals surface area contributed by atoms with Crippen LogP contribution in [-0.2, 0) is 24.2 Å². The van der Waals surface area contributed by atoms with Gasteiger partial charge in [0, 0.05) is 30.1 Å². The van der Waals surface area contributed by atoms with Gasteiger partial charge in [0.2, 0.25) is 5.91 Å². The predicted molar refractivity (Wildman–Crippen MR) is 106 cm³/mol. The van der Waals surface area contributed by atoms with Gasteiger partial charge in [-0.25, -0.2) is 0 Å². The molecule has 27 heavy (non-hydrogen) atoms. The molecule has 2 aliphatic rings. The minimum atomic E-state index is -0.0197. The SMILES string of the molecule is O=C(NCc1ccccn1)[C@H]1CCc2sc(C(=O)N3CCCCC3)cc2C1. The number of likely N-dealkylation sites (tertiary alicyclic amines) is 1. The maximum Gasteiger partial charge on any atom is 0.263 e. The molecule has 1 fully saturated rings. The smallest absolute Gasteiger partial charge is 0.263 e. The van der Waals surface area contributed by atoms with Gasteiger partial charge >= 0.3 is 0 Å². The molecular weight excluding hydrogens is 358 g/mol. The highest BCUT2D eigenvalue weighted by Crippen LogP contribution is 2.33. The number of aromatic nitrogens is 1. The van der Waals surface area contributed by atoms with Crippen molar-refractivity contribution in [3.63, 3.8) is 0 Å². The molecule has 1 aliphatic heterocycles. The quantitative estimate of drug-likeness (QED) is 0.882. The van der Waals surface area contributed by atoms with Crippen molar-refractivity contribution >= 4 is 23.2 Å². The third kappa shape index (κ3) is 4.21. The highest BCUT2D eigenvalue weighted by molar-refractivity contribution is 7.14. The minimum Gasteiger partial charge on any atom is -0.350 e. The van der Waals surface area contributed by atoms with Gasteiger partial charge in [-0.1, -0.05) is 6.07 Å². The zero-order valence-electron chi connectivity index (χ0n) is 15.4. The number of hydrogen-bond donors (Lipinski definition) is 1. The Hall–Kier alpha value is -2.21. The summed E-state index contributed by atoms with van der Waals surface area (Å²) >= 11 is 1.63. The van der Waals surface area contributed by atoms with Crippen LogP contribution in [0.1, 0.15) is 51.5 Å². The molecule has 0 aromatic carbocycles. The average molecular weight is 384 g/mol. The zero-order valence-corrected chi connectivity index (χ0v) is 16.3. The molecule has 1 saturated heterocycles. The number of thiophene rings is 1. The Balaban J connectivity index is 1.37. The van der Waals surface area contributed by atoms with Crippen LogP contribution in [0.3, 0.4) is 0 Å². The maximum absolute atomic E-state index is 12.7. The van der Waals surface area contributed by atoms with E-state index in [9.17, 15) is 9.59 Å². The molecule has 142 valence electrons. The Labute approximate surface area is 163 Å². The van der Waals surface area contributed by atoms with Crippen LogP contribution in [0.4, 0.5) is 0 Å². The molecule has 1 aliphatic carbocycles. The van der Waals surface area contributed by atoms with E-state index in [2.05, 4.69) is 10.3 Å². The summed E-state index contributed by atoms with van der Waals surface area (Å²) < 4.78 is 0. The van der Waals surface area contributed by atoms with Crippen molar-refractivity contribution in [2.45, 2.75) is 45.1 Å². The molecule has 2 aromatic heterocycles. The Morgan fingerprint density at radius 1 is 1.22 bits per heavy atom. The normalized spacial score (nSPS) is 19.4. The standard InChI is InChI=1S/C21H25N3O2S/c25-20(23-14-17-6-2-3-9-22-17)15-7-8-18-16(12-15)13-19(27-18)21(26)24-10-4-1-5-11-24/h2-3,6,9,13,15H,1,4-5,7-8,10-12,14H2,(H,23,25)/t15-/m0/s1. The number of piperidine rings is 1. The number of carbonyl (C=O) groups is 2. The van der Waals surface area contributed by atoms with Crippen LogP contribution < -0.4 is 5.32 Å². The van der Waals surface area contributed by atoms with Gasteiger partial charge in [0.05, 0.1) is 17.1 Å². The molecule has 6 heteroatoms. The van der Waals surface area contributed by atoms with Crippen LogP contribution in [0.25, 0.3) is 0 Å². The largest absolute Gasteiger partial charge is 0.350 e. The first-order chi connectivity index (χ1) is 13.2. The van der Waals surface area contributed by atoms with E-state index in [1.54, 1.807) is 17.5 Å². The van der Waals surface area contributed by atoms with Crippen molar-refractivity contribution < 1.29 is 9.59 Å². The Morgan fingerprint density at radius 3 is 2.85 bits per heavy atom. The van der Waals surface area contributed by atoms with Crippen molar-refractivity contribution in [3.8, 4) is 0 Å². The topological polar surface area (TPSA) is 62.3 Å². The van der Waals surface area contributed by atoms with Crippen molar-refractivity contribution in [1.82, 2.24) is 15.2 Å². The molecule has 0 bridgehead atoms. The van der Waals surface area contributed by atoms with Crippen LogP contribution >= 0.6 is 11.3 Å². The maximum atomic E-state index is 12.7. The first-order valence-electron chi connectivity index (χ1n) is 9.79. The summed E-state index contributed by atoms with van der Waals surface area (Å²) in [5.41, 5.74) is 2.05. The summed E-state index contributed by atoms with van der Waals surface area (Å²) in [4.78, 5) is 33.7. The van der Waals surface area contributed by atoms with Gasteiger partial charge in [0.1, 0.15) is 0 Å². The highest BCUT2D eigenvalue weighted by Gasteiger charge is 2.28. The summed E-state index contributed by atoms with van der Waals surface area (Å²) in [6.07, 6.45) is 7.63. The van der Waals surface area contributed by atoms with E-state index < -0.39 is 0 Å². The summed E-state index contributed by atoms with van der Waals surface area (Å²) in [5, 5.41) is 3.01. The van der Waals surface area contributed by atoms with Gasteiger partial charge in [-0.2, -0.15) is 0 Å². The van der Waals surface area contributed by atoms with E-state index in [0.717, 1.165) is 55.8 Å². The number of carbonyl (C=O) groups excluding carboxylic acids is 2. The van der Waals surface area contributed by atoms with Crippen molar-refractivity contribution in [1.29, 1.82) is 0 Å². The lowest BCUT2D eigenvalue weighted by Gasteiger charge is -2.26. The number of aryl methyl sites for hydroxylation is 1. The number of amides is 2. The van der Waals surface area contributed by atoms with Gasteiger partial charge in [-0.05, 0) is 62.3 Å². The average Bonchev–Trinajstić information content (AvgIpc) is 3.16. The number of rotatable bonds is 4. The second kappa shape index (κ2) is 8.21. The summed E-state index contributed by atoms with van der Waals surface area (Å²) in [6, 6.07) is 7.74. The third-order valence-electron chi connectivity index (χ3n) is 5.48. The number of fused-ring (bicyclic) bond motifs is 1. The second-order valence-electron chi connectivity index (χ2n) is 7.39. The Kier molecular flexibility index (Phi) is 5.53. The molecule has 4 rings (SSSR count). The van der Waals surface area contributed by atoms with Crippen molar-refractivity contribution in [2.75, 3.05) is 13.1 Å². The van der Waals surface area contributed by atoms with Gasteiger partial charge in [0.15, 0.2) is 0 Å². The first-order valence-corrected chi connectivity index (χ1v) is 10.6. The summed E-state index contributed by atoms with van der Waals surface area (Å²) in [7, 11) is 0. The second-order valence-corrected chi connectivity index (χ2v) is 8.53. The van der Waals surface area contributed by atoms with E-state index in [1.165, 1.54) is 16.9 Å². The van der Waals surface area contributed by atoms with E-state index >= 15 is 0 Å². The third-order valence-corrected chi connectivity index (χ3v) is 6.70. The number of nitrogens with one attached hydrogen (secondary N) is 1. The monoisotopic (exact) mass is 383 g/mol. The molecule has 2 amide bonds. The highest BCUT2D eigenvalue weighted by atomic mass is 32.1. The first kappa shape index (κ1) is 18.2. The van der Waals surface area contributed by atoms with E-state index in [-0.39, 0.29) is 17.7 Å². The summed E-state index contributed by atoms with van der Waals surface area (Å²) in [6.45, 7) is 2.21. The molecular formula is C21H25N3O2S. The Bertz CT molecular complexity index is 812. The molecule has 3 heterocycles. The molecule has 0 saturated carbocycles. The van der Waals surface area contributed by atoms with Crippen molar-refractivity contribution in [3.05, 3.63) is 51.5 Å². The Morgan fingerprint density at radius 2 is 2.07 bits per heavy atom. The fourth-order valence-electron chi connectivity index (χ4n) is 3.93. The molecule has 5 nitrogen and oxygen atoms in total. The van der Waals surface area contributed by atoms with Crippen molar-refractivity contribution in [2.24, 2.45) is 5.92 Å². The molecule has 1 atom stereocenters. The lowest BCUT2D eigenvalue weighted by atomic mass is 9.87. The number of pyridine rings is 1.